The molecule has 10 heteroatoms. The molecule has 0 saturated carbocycles. The van der Waals surface area contributed by atoms with Crippen molar-refractivity contribution in [3.8, 4) is 16.8 Å². The van der Waals surface area contributed by atoms with Gasteiger partial charge in [-0.25, -0.2) is 4.68 Å². The second kappa shape index (κ2) is 6.23. The number of hydrogen-bond acceptors (Lipinski definition) is 3. The van der Waals surface area contributed by atoms with E-state index in [0.717, 1.165) is 10.9 Å². The predicted molar refractivity (Wildman–Crippen MR) is 84.6 cm³/mol. The fourth-order valence-corrected chi connectivity index (χ4v) is 2.83. The molecule has 0 N–H and O–H groups in total. The van der Waals surface area contributed by atoms with Gasteiger partial charge in [-0.05, 0) is 18.2 Å². The Bertz CT molecular complexity index is 888. The van der Waals surface area contributed by atoms with Crippen molar-refractivity contribution >= 4 is 34.8 Å². The van der Waals surface area contributed by atoms with Crippen LogP contribution in [0.15, 0.2) is 36.8 Å². The van der Waals surface area contributed by atoms with Gasteiger partial charge in [-0.15, -0.1) is 5.10 Å². The average Bonchev–Trinajstić information content (AvgIpc) is 2.97. The lowest BCUT2D eigenvalue weighted by molar-refractivity contribution is -0.141. The first-order chi connectivity index (χ1) is 11.3. The predicted octanol–water partition coefficient (Wildman–Crippen LogP) is 5.31. The van der Waals surface area contributed by atoms with Gasteiger partial charge in [-0.3, -0.25) is 4.98 Å². The molecule has 1 aromatic carbocycles. The van der Waals surface area contributed by atoms with E-state index in [9.17, 15) is 13.2 Å². The van der Waals surface area contributed by atoms with Crippen LogP contribution in [0.2, 0.25) is 15.1 Å². The summed E-state index contributed by atoms with van der Waals surface area (Å²) in [6.07, 6.45) is -1.08. The second-order valence-corrected chi connectivity index (χ2v) is 5.94. The molecule has 0 fully saturated rings. The first kappa shape index (κ1) is 17.0. The van der Waals surface area contributed by atoms with E-state index >= 15 is 0 Å². The molecule has 124 valence electrons. The van der Waals surface area contributed by atoms with Crippen LogP contribution in [0.25, 0.3) is 16.8 Å². The summed E-state index contributed by atoms with van der Waals surface area (Å²) in [6, 6.07) is 4.54. The van der Waals surface area contributed by atoms with Crippen molar-refractivity contribution in [1.29, 1.82) is 0 Å². The molecule has 0 atom stereocenters. The van der Waals surface area contributed by atoms with Crippen LogP contribution >= 0.6 is 34.8 Å². The highest BCUT2D eigenvalue weighted by atomic mass is 35.5. The van der Waals surface area contributed by atoms with Crippen molar-refractivity contribution in [3.05, 3.63) is 57.6 Å². The van der Waals surface area contributed by atoms with Gasteiger partial charge in [0.15, 0.2) is 5.69 Å². The Balaban J connectivity index is 2.22. The van der Waals surface area contributed by atoms with E-state index in [1.54, 1.807) is 0 Å². The molecular weight excluding hydrogens is 388 g/mol. The van der Waals surface area contributed by atoms with E-state index in [4.69, 9.17) is 34.8 Å². The van der Waals surface area contributed by atoms with Crippen molar-refractivity contribution in [2.45, 2.75) is 6.18 Å². The number of benzene rings is 1. The van der Waals surface area contributed by atoms with Gasteiger partial charge in [-0.1, -0.05) is 40.0 Å². The van der Waals surface area contributed by atoms with Crippen LogP contribution in [0.3, 0.4) is 0 Å². The van der Waals surface area contributed by atoms with E-state index < -0.39 is 11.9 Å². The quantitative estimate of drug-likeness (QED) is 0.593. The normalized spacial score (nSPS) is 11.8. The first-order valence-corrected chi connectivity index (χ1v) is 7.49. The maximum absolute atomic E-state index is 12.7. The van der Waals surface area contributed by atoms with Crippen molar-refractivity contribution < 1.29 is 13.2 Å². The van der Waals surface area contributed by atoms with Crippen molar-refractivity contribution in [2.75, 3.05) is 0 Å². The molecule has 0 amide bonds. The Morgan fingerprint density at radius 3 is 2.25 bits per heavy atom. The zero-order valence-corrected chi connectivity index (χ0v) is 13.8. The Morgan fingerprint density at radius 2 is 1.67 bits per heavy atom. The fourth-order valence-electron chi connectivity index (χ4n) is 2.09. The molecule has 0 aliphatic rings. The maximum Gasteiger partial charge on any atom is 0.436 e. The van der Waals surface area contributed by atoms with Crippen LogP contribution in [0.4, 0.5) is 13.2 Å². The van der Waals surface area contributed by atoms with E-state index in [2.05, 4.69) is 15.3 Å². The highest BCUT2D eigenvalue weighted by Gasteiger charge is 2.34. The summed E-state index contributed by atoms with van der Waals surface area (Å²) in [7, 11) is 0. The molecule has 24 heavy (non-hydrogen) atoms. The van der Waals surface area contributed by atoms with E-state index in [0.29, 0.717) is 16.1 Å². The minimum absolute atomic E-state index is 0.224. The van der Waals surface area contributed by atoms with Gasteiger partial charge in [-0.2, -0.15) is 13.2 Å². The lowest BCUT2D eigenvalue weighted by Gasteiger charge is -2.12. The van der Waals surface area contributed by atoms with Crippen molar-refractivity contribution in [2.24, 2.45) is 0 Å². The number of hydrogen-bond donors (Lipinski definition) is 0. The summed E-state index contributed by atoms with van der Waals surface area (Å²) in [4.78, 5) is 3.85. The molecule has 4 nitrogen and oxygen atoms in total. The van der Waals surface area contributed by atoms with Crippen molar-refractivity contribution in [3.63, 3.8) is 0 Å². The summed E-state index contributed by atoms with van der Waals surface area (Å²) >= 11 is 18.3. The summed E-state index contributed by atoms with van der Waals surface area (Å²) < 4.78 is 39.2. The Morgan fingerprint density at radius 1 is 1.00 bits per heavy atom. The lowest BCUT2D eigenvalue weighted by atomic mass is 10.0. The molecule has 0 aliphatic carbocycles. The molecule has 0 aliphatic heterocycles. The molecule has 0 spiro atoms. The topological polar surface area (TPSA) is 43.6 Å². The Hall–Kier alpha value is -1.83. The Kier molecular flexibility index (Phi) is 4.42. The van der Waals surface area contributed by atoms with Crippen LogP contribution in [0, 0.1) is 0 Å². The van der Waals surface area contributed by atoms with Crippen LogP contribution in [-0.4, -0.2) is 20.0 Å². The van der Waals surface area contributed by atoms with Gasteiger partial charge in [0, 0.05) is 28.5 Å². The number of nitrogens with zero attached hydrogens (tertiary/aromatic N) is 4. The zero-order chi connectivity index (χ0) is 17.5. The monoisotopic (exact) mass is 392 g/mol. The molecule has 2 aromatic heterocycles. The van der Waals surface area contributed by atoms with Gasteiger partial charge in [0.1, 0.15) is 0 Å². The molecule has 2 heterocycles. The standard InChI is InChI=1S/C14H6Cl3F3N4/c15-7-1-2-11(24-6-12(22-23-24)14(18,19)20)8(3-7)13-9(16)4-21-5-10(13)17/h1-6H. The van der Waals surface area contributed by atoms with E-state index in [1.807, 2.05) is 0 Å². The third kappa shape index (κ3) is 3.19. The van der Waals surface area contributed by atoms with Gasteiger partial charge in [0.25, 0.3) is 0 Å². The minimum Gasteiger partial charge on any atom is -0.262 e. The molecule has 0 unspecified atom stereocenters. The molecule has 3 aromatic rings. The first-order valence-electron chi connectivity index (χ1n) is 6.36. The largest absolute Gasteiger partial charge is 0.436 e. The maximum atomic E-state index is 12.7. The molecule has 0 radical (unpaired) electrons. The summed E-state index contributed by atoms with van der Waals surface area (Å²) in [5.41, 5.74) is -0.0406. The molecule has 0 bridgehead atoms. The molecular formula is C14H6Cl3F3N4. The van der Waals surface area contributed by atoms with Crippen LogP contribution in [0.5, 0.6) is 0 Å². The van der Waals surface area contributed by atoms with E-state index in [1.165, 1.54) is 30.6 Å². The third-order valence-electron chi connectivity index (χ3n) is 3.11. The number of rotatable bonds is 2. The minimum atomic E-state index is -4.60. The van der Waals surface area contributed by atoms with Crippen LogP contribution in [-0.2, 0) is 6.18 Å². The average molecular weight is 394 g/mol. The summed E-state index contributed by atoms with van der Waals surface area (Å²) in [5.74, 6) is 0. The lowest BCUT2D eigenvalue weighted by Crippen LogP contribution is -2.05. The van der Waals surface area contributed by atoms with Gasteiger partial charge in [0.2, 0.25) is 0 Å². The number of pyridine rings is 1. The van der Waals surface area contributed by atoms with Crippen LogP contribution < -0.4 is 0 Å². The van der Waals surface area contributed by atoms with E-state index in [-0.39, 0.29) is 15.7 Å². The summed E-state index contributed by atoms with van der Waals surface area (Å²) in [6.45, 7) is 0. The smallest absolute Gasteiger partial charge is 0.262 e. The molecule has 3 rings (SSSR count). The number of alkyl halides is 3. The fraction of sp³-hybridized carbons (Fsp3) is 0.0714. The van der Waals surface area contributed by atoms with Gasteiger partial charge < -0.3 is 0 Å². The SMILES string of the molecule is FC(F)(F)c1cn(-c2ccc(Cl)cc2-c2c(Cl)cncc2Cl)nn1. The van der Waals surface area contributed by atoms with Crippen LogP contribution in [0.1, 0.15) is 5.69 Å². The summed E-state index contributed by atoms with van der Waals surface area (Å²) in [5, 5.41) is 7.48. The Labute approximate surface area is 148 Å². The number of halogens is 6. The second-order valence-electron chi connectivity index (χ2n) is 4.69. The zero-order valence-electron chi connectivity index (χ0n) is 11.5. The third-order valence-corrected chi connectivity index (χ3v) is 3.92. The van der Waals surface area contributed by atoms with Gasteiger partial charge >= 0.3 is 6.18 Å². The highest BCUT2D eigenvalue weighted by Crippen LogP contribution is 2.38. The van der Waals surface area contributed by atoms with Crippen molar-refractivity contribution in [1.82, 2.24) is 20.0 Å². The molecule has 0 saturated heterocycles. The number of aromatic nitrogens is 4. The van der Waals surface area contributed by atoms with Gasteiger partial charge in [0.05, 0.1) is 21.9 Å². The highest BCUT2D eigenvalue weighted by molar-refractivity contribution is 6.39.